The van der Waals surface area contributed by atoms with Gasteiger partial charge in [0.25, 0.3) is 5.24 Å². The van der Waals surface area contributed by atoms with Crippen LogP contribution in [-0.4, -0.2) is 53.7 Å². The van der Waals surface area contributed by atoms with Crippen molar-refractivity contribution >= 4 is 39.0 Å². The average molecular weight is 366 g/mol. The zero-order chi connectivity index (χ0) is 17.3. The van der Waals surface area contributed by atoms with E-state index in [-0.39, 0.29) is 29.5 Å². The van der Waals surface area contributed by atoms with Crippen LogP contribution in [0.15, 0.2) is 29.7 Å². The maximum Gasteiger partial charge on any atom is 0.289 e. The maximum absolute atomic E-state index is 12.4. The minimum absolute atomic E-state index is 0.148. The first-order chi connectivity index (χ1) is 11.4. The predicted octanol–water partition coefficient (Wildman–Crippen LogP) is 2.07. The van der Waals surface area contributed by atoms with E-state index in [1.807, 2.05) is 31.2 Å². The van der Waals surface area contributed by atoms with Gasteiger partial charge in [0.1, 0.15) is 0 Å². The fraction of sp³-hybridized carbons (Fsp3) is 0.375. The van der Waals surface area contributed by atoms with Gasteiger partial charge in [-0.25, -0.2) is 8.42 Å². The molecule has 8 heteroatoms. The monoisotopic (exact) mass is 366 g/mol. The van der Waals surface area contributed by atoms with Crippen LogP contribution < -0.4 is 0 Å². The van der Waals surface area contributed by atoms with Crippen molar-refractivity contribution in [2.24, 2.45) is 0 Å². The molecule has 3 rings (SSSR count). The number of nitrogens with zero attached hydrogens (tertiary/aromatic N) is 2. The average Bonchev–Trinajstić information content (AvgIpc) is 3.14. The summed E-state index contributed by atoms with van der Waals surface area (Å²) in [4.78, 5) is 24.7. The van der Waals surface area contributed by atoms with Crippen molar-refractivity contribution in [3.05, 3.63) is 40.8 Å². The molecule has 2 amide bonds. The summed E-state index contributed by atoms with van der Waals surface area (Å²) in [6.45, 7) is 2.44. The van der Waals surface area contributed by atoms with Crippen LogP contribution in [0, 0.1) is 6.92 Å². The second kappa shape index (κ2) is 6.70. The van der Waals surface area contributed by atoms with E-state index >= 15 is 0 Å². The Morgan fingerprint density at radius 3 is 2.54 bits per heavy atom. The van der Waals surface area contributed by atoms with Crippen LogP contribution >= 0.6 is 11.8 Å². The molecule has 6 nitrogen and oxygen atoms in total. The van der Waals surface area contributed by atoms with Crippen LogP contribution in [-0.2, 0) is 14.8 Å². The number of sulfonamides is 1. The quantitative estimate of drug-likeness (QED) is 0.815. The molecule has 1 aromatic carbocycles. The number of imide groups is 1. The minimum Gasteiger partial charge on any atom is -0.273 e. The molecule has 128 valence electrons. The second-order valence-electron chi connectivity index (χ2n) is 5.88. The summed E-state index contributed by atoms with van der Waals surface area (Å²) < 4.78 is 26.2. The Kier molecular flexibility index (Phi) is 4.80. The van der Waals surface area contributed by atoms with Gasteiger partial charge in [-0.3, -0.25) is 14.5 Å². The molecule has 0 bridgehead atoms. The summed E-state index contributed by atoms with van der Waals surface area (Å²) in [5.74, 6) is -0.0838. The van der Waals surface area contributed by atoms with Gasteiger partial charge in [0.2, 0.25) is 15.9 Å². The molecule has 1 atom stereocenters. The number of hydrogen-bond acceptors (Lipinski definition) is 5. The molecule has 1 aromatic rings. The van der Waals surface area contributed by atoms with E-state index in [9.17, 15) is 18.0 Å². The van der Waals surface area contributed by atoms with Crippen LogP contribution in [0.1, 0.15) is 17.5 Å². The van der Waals surface area contributed by atoms with Crippen molar-refractivity contribution in [3.8, 4) is 0 Å². The van der Waals surface area contributed by atoms with Gasteiger partial charge in [-0.2, -0.15) is 4.31 Å². The number of aryl methyl sites for hydroxylation is 1. The molecule has 2 aliphatic rings. The summed E-state index contributed by atoms with van der Waals surface area (Å²) >= 11 is 0.973. The third-order valence-electron chi connectivity index (χ3n) is 4.15. The SMILES string of the molecule is Cc1ccc(/C=C/S(=O)(=O)N2CCC(N3C(=O)CSC3=O)C2)cc1. The highest BCUT2D eigenvalue weighted by Crippen LogP contribution is 2.27. The van der Waals surface area contributed by atoms with Gasteiger partial charge < -0.3 is 0 Å². The molecule has 0 spiro atoms. The van der Waals surface area contributed by atoms with Crippen molar-refractivity contribution < 1.29 is 18.0 Å². The number of carbonyl (C=O) groups is 2. The van der Waals surface area contributed by atoms with Crippen molar-refractivity contribution in [1.82, 2.24) is 9.21 Å². The van der Waals surface area contributed by atoms with Gasteiger partial charge in [0.15, 0.2) is 0 Å². The Labute approximate surface area is 145 Å². The minimum atomic E-state index is -3.57. The fourth-order valence-corrected chi connectivity index (χ4v) is 4.81. The molecule has 0 N–H and O–H groups in total. The van der Waals surface area contributed by atoms with E-state index in [1.54, 1.807) is 6.08 Å². The molecule has 0 aliphatic carbocycles. The largest absolute Gasteiger partial charge is 0.289 e. The molecule has 2 fully saturated rings. The van der Waals surface area contributed by atoms with Crippen LogP contribution in [0.25, 0.3) is 6.08 Å². The van der Waals surface area contributed by atoms with Crippen molar-refractivity contribution in [3.63, 3.8) is 0 Å². The lowest BCUT2D eigenvalue weighted by Gasteiger charge is -2.21. The summed E-state index contributed by atoms with van der Waals surface area (Å²) in [7, 11) is -3.57. The van der Waals surface area contributed by atoms with Crippen LogP contribution in [0.5, 0.6) is 0 Å². The van der Waals surface area contributed by atoms with Crippen molar-refractivity contribution in [1.29, 1.82) is 0 Å². The van der Waals surface area contributed by atoms with Gasteiger partial charge in [0.05, 0.1) is 11.8 Å². The highest BCUT2D eigenvalue weighted by Gasteiger charge is 2.41. The Morgan fingerprint density at radius 1 is 1.21 bits per heavy atom. The van der Waals surface area contributed by atoms with E-state index in [0.717, 1.165) is 22.9 Å². The zero-order valence-electron chi connectivity index (χ0n) is 13.2. The van der Waals surface area contributed by atoms with E-state index in [2.05, 4.69) is 0 Å². The normalized spacial score (nSPS) is 22.9. The summed E-state index contributed by atoms with van der Waals surface area (Å²) in [6, 6.07) is 7.18. The molecular weight excluding hydrogens is 348 g/mol. The third-order valence-corrected chi connectivity index (χ3v) is 6.51. The highest BCUT2D eigenvalue weighted by molar-refractivity contribution is 8.14. The number of amides is 2. The smallest absolute Gasteiger partial charge is 0.273 e. The van der Waals surface area contributed by atoms with Gasteiger partial charge in [-0.05, 0) is 25.0 Å². The molecule has 0 radical (unpaired) electrons. The van der Waals surface area contributed by atoms with E-state index in [1.165, 1.54) is 14.6 Å². The number of rotatable bonds is 4. The Hall–Kier alpha value is -1.64. The fourth-order valence-electron chi connectivity index (χ4n) is 2.80. The molecule has 0 aromatic heterocycles. The molecule has 0 saturated carbocycles. The van der Waals surface area contributed by atoms with Crippen LogP contribution in [0.3, 0.4) is 0 Å². The molecule has 2 heterocycles. The number of carbonyl (C=O) groups excluding carboxylic acids is 2. The number of hydrogen-bond donors (Lipinski definition) is 0. The lowest BCUT2D eigenvalue weighted by molar-refractivity contribution is -0.126. The lowest BCUT2D eigenvalue weighted by atomic mass is 10.2. The first kappa shape index (κ1) is 17.2. The number of benzene rings is 1. The second-order valence-corrected chi connectivity index (χ2v) is 8.62. The number of thioether (sulfide) groups is 1. The summed E-state index contributed by atoms with van der Waals surface area (Å²) in [5.41, 5.74) is 1.91. The topological polar surface area (TPSA) is 74.8 Å². The van der Waals surface area contributed by atoms with E-state index < -0.39 is 10.0 Å². The first-order valence-corrected chi connectivity index (χ1v) is 10.1. The third kappa shape index (κ3) is 3.55. The molecule has 24 heavy (non-hydrogen) atoms. The molecule has 2 saturated heterocycles. The standard InChI is InChI=1S/C16H18N2O4S2/c1-12-2-4-13(5-3-12)7-9-24(21,22)17-8-6-14(10-17)18-15(19)11-23-16(18)20/h2-5,7,9,14H,6,8,10-11H2,1H3/b9-7+. The summed E-state index contributed by atoms with van der Waals surface area (Å²) in [6.07, 6.45) is 2.04. The molecule has 2 aliphatic heterocycles. The van der Waals surface area contributed by atoms with Crippen LogP contribution in [0.2, 0.25) is 0 Å². The van der Waals surface area contributed by atoms with Crippen molar-refractivity contribution in [2.75, 3.05) is 18.8 Å². The van der Waals surface area contributed by atoms with E-state index in [4.69, 9.17) is 0 Å². The highest BCUT2D eigenvalue weighted by atomic mass is 32.2. The van der Waals surface area contributed by atoms with Crippen molar-refractivity contribution in [2.45, 2.75) is 19.4 Å². The van der Waals surface area contributed by atoms with Gasteiger partial charge in [-0.15, -0.1) is 0 Å². The van der Waals surface area contributed by atoms with Crippen LogP contribution in [0.4, 0.5) is 4.79 Å². The predicted molar refractivity (Wildman–Crippen MR) is 93.8 cm³/mol. The Balaban J connectivity index is 1.69. The van der Waals surface area contributed by atoms with Gasteiger partial charge >= 0.3 is 0 Å². The Morgan fingerprint density at radius 2 is 1.92 bits per heavy atom. The molecule has 1 unspecified atom stereocenters. The van der Waals surface area contributed by atoms with Gasteiger partial charge in [0, 0.05) is 18.5 Å². The zero-order valence-corrected chi connectivity index (χ0v) is 14.8. The Bertz CT molecular complexity index is 771. The summed E-state index contributed by atoms with van der Waals surface area (Å²) in [5, 5.41) is 0.905. The lowest BCUT2D eigenvalue weighted by Crippen LogP contribution is -2.41. The first-order valence-electron chi connectivity index (χ1n) is 7.60. The maximum atomic E-state index is 12.4. The molecular formula is C16H18N2O4S2. The van der Waals surface area contributed by atoms with Gasteiger partial charge in [-0.1, -0.05) is 41.6 Å². The van der Waals surface area contributed by atoms with E-state index in [0.29, 0.717) is 13.0 Å².